The Morgan fingerprint density at radius 2 is 1.79 bits per heavy atom. The van der Waals surface area contributed by atoms with Crippen LogP contribution in [-0.2, 0) is 0 Å². The Morgan fingerprint density at radius 3 is 2.38 bits per heavy atom. The van der Waals surface area contributed by atoms with Gasteiger partial charge in [-0.25, -0.2) is 4.79 Å². The molecule has 0 amide bonds. The lowest BCUT2D eigenvalue weighted by atomic mass is 10.0. The van der Waals surface area contributed by atoms with Crippen LogP contribution in [0.5, 0.6) is 5.75 Å². The van der Waals surface area contributed by atoms with Crippen LogP contribution in [0.2, 0.25) is 0 Å². The number of rotatable bonds is 3. The Hall–Kier alpha value is -2.48. The maximum absolute atomic E-state index is 12.2. The molecule has 0 aliphatic carbocycles. The Morgan fingerprint density at radius 1 is 1.12 bits per heavy atom. The van der Waals surface area contributed by atoms with Crippen molar-refractivity contribution in [2.45, 2.75) is 6.36 Å². The first-order valence-electron chi connectivity index (χ1n) is 6.65. The number of H-pyrrole nitrogens is 1. The third kappa shape index (κ3) is 3.38. The molecule has 2 aromatic carbocycles. The second-order valence-electron chi connectivity index (χ2n) is 4.98. The molecule has 0 atom stereocenters. The largest absolute Gasteiger partial charge is 0.573 e. The molecular weight excluding hydrogens is 391 g/mol. The van der Waals surface area contributed by atoms with Crippen LogP contribution in [0, 0.1) is 0 Å². The van der Waals surface area contributed by atoms with Crippen molar-refractivity contribution < 1.29 is 27.8 Å². The summed E-state index contributed by atoms with van der Waals surface area (Å²) in [5.74, 6) is -1.38. The average molecular weight is 400 g/mol. The van der Waals surface area contributed by atoms with E-state index < -0.39 is 12.3 Å². The molecule has 0 fully saturated rings. The van der Waals surface area contributed by atoms with Crippen LogP contribution >= 0.6 is 15.9 Å². The first kappa shape index (κ1) is 16.4. The molecule has 0 radical (unpaired) electrons. The smallest absolute Gasteiger partial charge is 0.477 e. The van der Waals surface area contributed by atoms with Crippen LogP contribution in [0.1, 0.15) is 10.5 Å². The Bertz CT molecular complexity index is 917. The van der Waals surface area contributed by atoms with E-state index in [1.165, 1.54) is 30.3 Å². The maximum atomic E-state index is 12.2. The third-order valence-corrected chi connectivity index (χ3v) is 3.99. The number of aromatic carboxylic acids is 1. The van der Waals surface area contributed by atoms with Gasteiger partial charge in [0.25, 0.3) is 0 Å². The fraction of sp³-hybridized carbons (Fsp3) is 0.0625. The molecule has 2 N–H and O–H groups in total. The number of nitrogens with one attached hydrogen (secondary N) is 1. The number of carbonyl (C=O) groups is 1. The van der Waals surface area contributed by atoms with E-state index in [1.807, 2.05) is 0 Å². The Balaban J connectivity index is 1.99. The van der Waals surface area contributed by atoms with Crippen molar-refractivity contribution in [2.75, 3.05) is 0 Å². The van der Waals surface area contributed by atoms with E-state index in [1.54, 1.807) is 12.1 Å². The third-order valence-electron chi connectivity index (χ3n) is 3.34. The van der Waals surface area contributed by atoms with Gasteiger partial charge in [-0.05, 0) is 41.5 Å². The normalized spacial score (nSPS) is 11.7. The molecule has 1 heterocycles. The van der Waals surface area contributed by atoms with E-state index in [9.17, 15) is 18.0 Å². The minimum Gasteiger partial charge on any atom is -0.477 e. The van der Waals surface area contributed by atoms with E-state index >= 15 is 0 Å². The monoisotopic (exact) mass is 399 g/mol. The Kier molecular flexibility index (Phi) is 4.00. The van der Waals surface area contributed by atoms with Crippen molar-refractivity contribution in [3.63, 3.8) is 0 Å². The number of halogens is 4. The van der Waals surface area contributed by atoms with Gasteiger partial charge in [-0.2, -0.15) is 0 Å². The number of carboxylic acid groups (broad SMARTS) is 1. The summed E-state index contributed by atoms with van der Waals surface area (Å²) in [6, 6.07) is 10.4. The highest BCUT2D eigenvalue weighted by molar-refractivity contribution is 9.10. The van der Waals surface area contributed by atoms with E-state index in [2.05, 4.69) is 25.7 Å². The molecule has 3 aromatic rings. The van der Waals surface area contributed by atoms with E-state index in [4.69, 9.17) is 5.11 Å². The van der Waals surface area contributed by atoms with Gasteiger partial charge in [-0.15, -0.1) is 13.2 Å². The molecule has 0 aliphatic heterocycles. The maximum Gasteiger partial charge on any atom is 0.573 e. The first-order valence-corrected chi connectivity index (χ1v) is 7.44. The number of hydrogen-bond donors (Lipinski definition) is 2. The van der Waals surface area contributed by atoms with Crippen LogP contribution in [0.3, 0.4) is 0 Å². The predicted octanol–water partition coefficient (Wildman–Crippen LogP) is 5.19. The number of carboxylic acids is 1. The van der Waals surface area contributed by atoms with E-state index in [0.717, 1.165) is 0 Å². The van der Waals surface area contributed by atoms with Gasteiger partial charge in [-0.1, -0.05) is 28.1 Å². The second kappa shape index (κ2) is 5.86. The highest BCUT2D eigenvalue weighted by Gasteiger charge is 2.31. The molecule has 0 unspecified atom stereocenters. The highest BCUT2D eigenvalue weighted by atomic mass is 79.9. The number of hydrogen-bond acceptors (Lipinski definition) is 2. The summed E-state index contributed by atoms with van der Waals surface area (Å²) in [6.07, 6.45) is -4.74. The molecule has 8 heteroatoms. The van der Waals surface area contributed by atoms with E-state index in [0.29, 0.717) is 26.5 Å². The minimum atomic E-state index is -4.74. The van der Waals surface area contributed by atoms with Gasteiger partial charge in [-0.3, -0.25) is 0 Å². The summed E-state index contributed by atoms with van der Waals surface area (Å²) in [4.78, 5) is 13.8. The van der Waals surface area contributed by atoms with Crippen LogP contribution < -0.4 is 4.74 Å². The summed E-state index contributed by atoms with van der Waals surface area (Å²) in [7, 11) is 0. The molecule has 4 nitrogen and oxygen atoms in total. The number of alkyl halides is 3. The van der Waals surface area contributed by atoms with Crippen LogP contribution in [0.4, 0.5) is 13.2 Å². The van der Waals surface area contributed by atoms with Gasteiger partial charge in [0.15, 0.2) is 0 Å². The topological polar surface area (TPSA) is 62.3 Å². The number of aromatic amines is 1. The molecule has 0 spiro atoms. The molecular formula is C16H9BrF3NO3. The highest BCUT2D eigenvalue weighted by Crippen LogP contribution is 2.34. The van der Waals surface area contributed by atoms with Crippen molar-refractivity contribution in [1.82, 2.24) is 4.98 Å². The predicted molar refractivity (Wildman–Crippen MR) is 85.1 cm³/mol. The summed E-state index contributed by atoms with van der Waals surface area (Å²) >= 11 is 3.40. The van der Waals surface area contributed by atoms with Crippen molar-refractivity contribution in [3.05, 3.63) is 52.6 Å². The van der Waals surface area contributed by atoms with Crippen molar-refractivity contribution >= 4 is 32.8 Å². The van der Waals surface area contributed by atoms with Crippen LogP contribution in [0.25, 0.3) is 22.0 Å². The fourth-order valence-electron chi connectivity index (χ4n) is 2.33. The lowest BCUT2D eigenvalue weighted by Crippen LogP contribution is -2.16. The molecule has 0 aliphatic rings. The van der Waals surface area contributed by atoms with Gasteiger partial charge in [0, 0.05) is 15.4 Å². The minimum absolute atomic E-state index is 0.0583. The van der Waals surface area contributed by atoms with Crippen molar-refractivity contribution in [1.29, 1.82) is 0 Å². The standard InChI is InChI=1S/C16H9BrF3NO3/c17-12-5-9-6-14(15(22)23)21-13(9)7-11(12)8-1-3-10(4-2-8)24-16(18,19)20/h1-7,21H,(H,22,23). The molecule has 124 valence electrons. The fourth-order valence-corrected chi connectivity index (χ4v) is 2.92. The van der Waals surface area contributed by atoms with Gasteiger partial charge in [0.05, 0.1) is 0 Å². The number of aromatic nitrogens is 1. The molecule has 0 bridgehead atoms. The number of benzene rings is 2. The average Bonchev–Trinajstić information content (AvgIpc) is 2.89. The quantitative estimate of drug-likeness (QED) is 0.636. The van der Waals surface area contributed by atoms with Gasteiger partial charge in [0.1, 0.15) is 11.4 Å². The second-order valence-corrected chi connectivity index (χ2v) is 5.83. The van der Waals surface area contributed by atoms with Crippen LogP contribution in [0.15, 0.2) is 46.9 Å². The number of fused-ring (bicyclic) bond motifs is 1. The lowest BCUT2D eigenvalue weighted by molar-refractivity contribution is -0.274. The van der Waals surface area contributed by atoms with Gasteiger partial charge in [0.2, 0.25) is 0 Å². The number of ether oxygens (including phenoxy) is 1. The molecule has 3 rings (SSSR count). The Labute approximate surface area is 142 Å². The van der Waals surface area contributed by atoms with Crippen molar-refractivity contribution in [2.24, 2.45) is 0 Å². The molecule has 0 saturated heterocycles. The lowest BCUT2D eigenvalue weighted by Gasteiger charge is -2.10. The zero-order valence-electron chi connectivity index (χ0n) is 11.8. The molecule has 0 saturated carbocycles. The summed E-state index contributed by atoms with van der Waals surface area (Å²) in [5.41, 5.74) is 2.04. The zero-order valence-corrected chi connectivity index (χ0v) is 13.4. The molecule has 24 heavy (non-hydrogen) atoms. The van der Waals surface area contributed by atoms with E-state index in [-0.39, 0.29) is 11.4 Å². The first-order chi connectivity index (χ1) is 11.2. The summed E-state index contributed by atoms with van der Waals surface area (Å²) in [5, 5.41) is 9.72. The van der Waals surface area contributed by atoms with Gasteiger partial charge < -0.3 is 14.8 Å². The summed E-state index contributed by atoms with van der Waals surface area (Å²) < 4.78 is 41.1. The van der Waals surface area contributed by atoms with Gasteiger partial charge >= 0.3 is 12.3 Å². The summed E-state index contributed by atoms with van der Waals surface area (Å²) in [6.45, 7) is 0. The van der Waals surface area contributed by atoms with Crippen LogP contribution in [-0.4, -0.2) is 22.4 Å². The SMILES string of the molecule is O=C(O)c1cc2cc(Br)c(-c3ccc(OC(F)(F)F)cc3)cc2[nH]1. The van der Waals surface area contributed by atoms with Crippen molar-refractivity contribution in [3.8, 4) is 16.9 Å². The zero-order chi connectivity index (χ0) is 17.5. The molecule has 1 aromatic heterocycles.